The second-order valence-electron chi connectivity index (χ2n) is 7.38. The second kappa shape index (κ2) is 7.57. The zero-order valence-electron chi connectivity index (χ0n) is 15.5. The Kier molecular flexibility index (Phi) is 5.01. The molecule has 2 aromatic heterocycles. The molecule has 1 saturated heterocycles. The van der Waals surface area contributed by atoms with E-state index in [1.54, 1.807) is 6.20 Å². The fourth-order valence-corrected chi connectivity index (χ4v) is 3.83. The number of nitrogens with zero attached hydrogens (tertiary/aromatic N) is 5. The minimum Gasteiger partial charge on any atom is -0.376 e. The van der Waals surface area contributed by atoms with Crippen molar-refractivity contribution in [3.63, 3.8) is 0 Å². The summed E-state index contributed by atoms with van der Waals surface area (Å²) in [6.07, 6.45) is 6.34. The zero-order chi connectivity index (χ0) is 17.9. The van der Waals surface area contributed by atoms with E-state index in [1.165, 1.54) is 0 Å². The molecule has 2 aliphatic heterocycles. The van der Waals surface area contributed by atoms with E-state index in [4.69, 9.17) is 4.74 Å². The lowest BCUT2D eigenvalue weighted by molar-refractivity contribution is -0.0203. The summed E-state index contributed by atoms with van der Waals surface area (Å²) in [7, 11) is 0. The topological polar surface area (TPSA) is 89.8 Å². The Morgan fingerprint density at radius 3 is 3.12 bits per heavy atom. The lowest BCUT2D eigenvalue weighted by atomic mass is 9.94. The van der Waals surface area contributed by atoms with Crippen LogP contribution in [0.3, 0.4) is 0 Å². The maximum atomic E-state index is 5.95. The molecule has 26 heavy (non-hydrogen) atoms. The van der Waals surface area contributed by atoms with Gasteiger partial charge in [0.05, 0.1) is 18.7 Å². The molecule has 0 bridgehead atoms. The predicted molar refractivity (Wildman–Crippen MR) is 98.9 cm³/mol. The van der Waals surface area contributed by atoms with Gasteiger partial charge in [0.15, 0.2) is 5.82 Å². The number of anilines is 2. The van der Waals surface area contributed by atoms with Crippen LogP contribution < -0.4 is 10.6 Å². The van der Waals surface area contributed by atoms with E-state index >= 15 is 0 Å². The molecule has 0 saturated carbocycles. The van der Waals surface area contributed by atoms with Gasteiger partial charge < -0.3 is 19.9 Å². The first kappa shape index (κ1) is 17.2. The smallest absolute Gasteiger partial charge is 0.224 e. The largest absolute Gasteiger partial charge is 0.376 e. The molecule has 2 aliphatic rings. The summed E-state index contributed by atoms with van der Waals surface area (Å²) >= 11 is 0. The van der Waals surface area contributed by atoms with Crippen LogP contribution in [0.4, 0.5) is 11.8 Å². The van der Waals surface area contributed by atoms with Crippen molar-refractivity contribution in [3.8, 4) is 0 Å². The summed E-state index contributed by atoms with van der Waals surface area (Å²) < 4.78 is 8.14. The summed E-state index contributed by atoms with van der Waals surface area (Å²) in [5.74, 6) is 3.93. The summed E-state index contributed by atoms with van der Waals surface area (Å²) in [6, 6.07) is 2.19. The highest BCUT2D eigenvalue weighted by atomic mass is 16.5. The van der Waals surface area contributed by atoms with Crippen molar-refractivity contribution in [2.75, 3.05) is 17.2 Å². The highest BCUT2D eigenvalue weighted by Crippen LogP contribution is 2.23. The first-order valence-electron chi connectivity index (χ1n) is 9.57. The van der Waals surface area contributed by atoms with Crippen LogP contribution in [0.15, 0.2) is 12.3 Å². The zero-order valence-corrected chi connectivity index (χ0v) is 15.5. The third kappa shape index (κ3) is 3.65. The minimum absolute atomic E-state index is 0.216. The highest BCUT2D eigenvalue weighted by molar-refractivity contribution is 5.40. The Morgan fingerprint density at radius 2 is 2.23 bits per heavy atom. The van der Waals surface area contributed by atoms with Crippen molar-refractivity contribution in [1.82, 2.24) is 24.7 Å². The van der Waals surface area contributed by atoms with Crippen LogP contribution >= 0.6 is 0 Å². The summed E-state index contributed by atoms with van der Waals surface area (Å²) in [6.45, 7) is 6.83. The van der Waals surface area contributed by atoms with Gasteiger partial charge in [0.1, 0.15) is 11.6 Å². The van der Waals surface area contributed by atoms with E-state index in [0.29, 0.717) is 18.4 Å². The Labute approximate surface area is 153 Å². The SMILES string of the molecule is CC(C)[C@H]1OCCC[C@@H]1Nc1ccnc(NCc2nnc3n2CCC3)n1. The van der Waals surface area contributed by atoms with Crippen molar-refractivity contribution in [2.45, 2.75) is 64.8 Å². The van der Waals surface area contributed by atoms with Crippen LogP contribution in [0.25, 0.3) is 0 Å². The van der Waals surface area contributed by atoms with Crippen LogP contribution in [0.1, 0.15) is 44.8 Å². The molecule has 8 nitrogen and oxygen atoms in total. The van der Waals surface area contributed by atoms with Crippen molar-refractivity contribution in [1.29, 1.82) is 0 Å². The Bertz CT molecular complexity index is 745. The first-order valence-corrected chi connectivity index (χ1v) is 9.57. The van der Waals surface area contributed by atoms with Gasteiger partial charge in [0, 0.05) is 25.8 Å². The van der Waals surface area contributed by atoms with Crippen LogP contribution in [-0.2, 0) is 24.2 Å². The third-order valence-corrected chi connectivity index (χ3v) is 5.10. The monoisotopic (exact) mass is 357 g/mol. The molecule has 1 fully saturated rings. The van der Waals surface area contributed by atoms with E-state index in [0.717, 1.165) is 56.3 Å². The number of hydrogen-bond donors (Lipinski definition) is 2. The average Bonchev–Trinajstić information content (AvgIpc) is 3.25. The molecule has 140 valence electrons. The summed E-state index contributed by atoms with van der Waals surface area (Å²) in [5, 5.41) is 15.3. The molecule has 4 heterocycles. The van der Waals surface area contributed by atoms with Gasteiger partial charge in [-0.15, -0.1) is 10.2 Å². The quantitative estimate of drug-likeness (QED) is 0.819. The molecule has 2 atom stereocenters. The molecule has 2 aromatic rings. The van der Waals surface area contributed by atoms with Crippen LogP contribution in [0.2, 0.25) is 0 Å². The van der Waals surface area contributed by atoms with Gasteiger partial charge >= 0.3 is 0 Å². The number of fused-ring (bicyclic) bond motifs is 1. The second-order valence-corrected chi connectivity index (χ2v) is 7.38. The van der Waals surface area contributed by atoms with Gasteiger partial charge in [-0.25, -0.2) is 4.98 Å². The number of ether oxygens (including phenoxy) is 1. The number of hydrogen-bond acceptors (Lipinski definition) is 7. The molecular weight excluding hydrogens is 330 g/mol. The molecule has 0 radical (unpaired) electrons. The molecule has 4 rings (SSSR count). The molecule has 0 unspecified atom stereocenters. The number of rotatable bonds is 6. The normalized spacial score (nSPS) is 22.4. The number of nitrogens with one attached hydrogen (secondary N) is 2. The highest BCUT2D eigenvalue weighted by Gasteiger charge is 2.28. The first-order chi connectivity index (χ1) is 12.7. The van der Waals surface area contributed by atoms with Gasteiger partial charge in [-0.2, -0.15) is 4.98 Å². The lowest BCUT2D eigenvalue weighted by Gasteiger charge is -2.35. The maximum Gasteiger partial charge on any atom is 0.224 e. The third-order valence-electron chi connectivity index (χ3n) is 5.10. The van der Waals surface area contributed by atoms with Crippen LogP contribution in [0, 0.1) is 5.92 Å². The molecule has 2 N–H and O–H groups in total. The van der Waals surface area contributed by atoms with E-state index in [2.05, 4.69) is 49.2 Å². The van der Waals surface area contributed by atoms with E-state index in [1.807, 2.05) is 6.07 Å². The Balaban J connectivity index is 1.40. The lowest BCUT2D eigenvalue weighted by Crippen LogP contribution is -2.43. The van der Waals surface area contributed by atoms with Gasteiger partial charge in [-0.3, -0.25) is 0 Å². The Morgan fingerprint density at radius 1 is 1.31 bits per heavy atom. The maximum absolute atomic E-state index is 5.95. The van der Waals surface area contributed by atoms with Crippen molar-refractivity contribution in [3.05, 3.63) is 23.9 Å². The molecule has 0 spiro atoms. The number of aromatic nitrogens is 5. The molecule has 8 heteroatoms. The average molecular weight is 357 g/mol. The minimum atomic E-state index is 0.216. The number of aryl methyl sites for hydroxylation is 1. The van der Waals surface area contributed by atoms with E-state index < -0.39 is 0 Å². The molecular formula is C18H27N7O. The molecule has 0 aromatic carbocycles. The van der Waals surface area contributed by atoms with Crippen molar-refractivity contribution < 1.29 is 4.74 Å². The molecule has 0 amide bonds. The fraction of sp³-hybridized carbons (Fsp3) is 0.667. The van der Waals surface area contributed by atoms with Gasteiger partial charge in [-0.1, -0.05) is 13.8 Å². The summed E-state index contributed by atoms with van der Waals surface area (Å²) in [5.41, 5.74) is 0. The standard InChI is InChI=1S/C18H27N7O/c1-12(2)17-13(5-4-10-26-17)21-14-7-8-19-18(22-14)20-11-16-24-23-15-6-3-9-25(15)16/h7-8,12-13,17H,3-6,9-11H2,1-2H3,(H2,19,20,21,22)/t13-,17+/m0/s1. The van der Waals surface area contributed by atoms with Crippen molar-refractivity contribution in [2.24, 2.45) is 5.92 Å². The fourth-order valence-electron chi connectivity index (χ4n) is 3.83. The summed E-state index contributed by atoms with van der Waals surface area (Å²) in [4.78, 5) is 8.94. The van der Waals surface area contributed by atoms with E-state index in [-0.39, 0.29) is 12.1 Å². The van der Waals surface area contributed by atoms with Crippen molar-refractivity contribution >= 4 is 11.8 Å². The Hall–Kier alpha value is -2.22. The predicted octanol–water partition coefficient (Wildman–Crippen LogP) is 2.24. The van der Waals surface area contributed by atoms with Crippen LogP contribution in [-0.4, -0.2) is 43.5 Å². The van der Waals surface area contributed by atoms with Gasteiger partial charge in [0.25, 0.3) is 0 Å². The van der Waals surface area contributed by atoms with Gasteiger partial charge in [0.2, 0.25) is 5.95 Å². The molecule has 0 aliphatic carbocycles. The van der Waals surface area contributed by atoms with Crippen LogP contribution in [0.5, 0.6) is 0 Å². The van der Waals surface area contributed by atoms with E-state index in [9.17, 15) is 0 Å². The van der Waals surface area contributed by atoms with Gasteiger partial charge in [-0.05, 0) is 31.2 Å².